The van der Waals surface area contributed by atoms with E-state index in [1.54, 1.807) is 4.68 Å². The molecule has 0 unspecified atom stereocenters. The Morgan fingerprint density at radius 2 is 1.86 bits per heavy atom. The second kappa shape index (κ2) is 5.64. The molecule has 0 spiro atoms. The largest absolute Gasteiger partial charge is 0.348 e. The third-order valence-electron chi connectivity index (χ3n) is 4.06. The Morgan fingerprint density at radius 1 is 1.14 bits per heavy atom. The molecule has 1 heterocycles. The standard InChI is InChI=1S/C18H19N3O/c1-12-17(13(2)21(3)20-12)18(22)19-11-15-9-6-8-14-7-4-5-10-16(14)15/h4-10H,11H2,1-3H3,(H,19,22). The summed E-state index contributed by atoms with van der Waals surface area (Å²) in [5.41, 5.74) is 3.43. The number of nitrogens with one attached hydrogen (secondary N) is 1. The van der Waals surface area contributed by atoms with Crippen LogP contribution in [0.3, 0.4) is 0 Å². The van der Waals surface area contributed by atoms with Crippen molar-refractivity contribution in [1.29, 1.82) is 0 Å². The second-order valence-corrected chi connectivity index (χ2v) is 5.49. The van der Waals surface area contributed by atoms with Crippen molar-refractivity contribution in [2.45, 2.75) is 20.4 Å². The van der Waals surface area contributed by atoms with Gasteiger partial charge < -0.3 is 5.32 Å². The first-order valence-electron chi connectivity index (χ1n) is 7.33. The second-order valence-electron chi connectivity index (χ2n) is 5.49. The molecule has 0 radical (unpaired) electrons. The van der Waals surface area contributed by atoms with Crippen LogP contribution in [0.5, 0.6) is 0 Å². The molecule has 4 heteroatoms. The number of fused-ring (bicyclic) bond motifs is 1. The van der Waals surface area contributed by atoms with E-state index in [0.717, 1.165) is 17.0 Å². The predicted molar refractivity (Wildman–Crippen MR) is 87.8 cm³/mol. The van der Waals surface area contributed by atoms with Gasteiger partial charge in [0.15, 0.2) is 0 Å². The smallest absolute Gasteiger partial charge is 0.255 e. The van der Waals surface area contributed by atoms with Crippen molar-refractivity contribution < 1.29 is 4.79 Å². The normalized spacial score (nSPS) is 10.9. The van der Waals surface area contributed by atoms with Crippen LogP contribution < -0.4 is 5.32 Å². The predicted octanol–water partition coefficient (Wildman–Crippen LogP) is 3.12. The first-order valence-corrected chi connectivity index (χ1v) is 7.33. The van der Waals surface area contributed by atoms with Crippen molar-refractivity contribution in [3.8, 4) is 0 Å². The number of nitrogens with zero attached hydrogens (tertiary/aromatic N) is 2. The molecule has 0 bridgehead atoms. The zero-order valence-corrected chi connectivity index (χ0v) is 13.1. The zero-order chi connectivity index (χ0) is 15.7. The molecule has 22 heavy (non-hydrogen) atoms. The van der Waals surface area contributed by atoms with Crippen molar-refractivity contribution in [2.75, 3.05) is 0 Å². The lowest BCUT2D eigenvalue weighted by Crippen LogP contribution is -2.24. The fourth-order valence-corrected chi connectivity index (χ4v) is 2.81. The van der Waals surface area contributed by atoms with E-state index in [9.17, 15) is 4.79 Å². The minimum atomic E-state index is -0.0731. The molecule has 1 N–H and O–H groups in total. The summed E-state index contributed by atoms with van der Waals surface area (Å²) < 4.78 is 1.74. The molecule has 3 aromatic rings. The number of amides is 1. The summed E-state index contributed by atoms with van der Waals surface area (Å²) in [6.07, 6.45) is 0. The van der Waals surface area contributed by atoms with Crippen molar-refractivity contribution in [1.82, 2.24) is 15.1 Å². The molecular weight excluding hydrogens is 274 g/mol. The van der Waals surface area contributed by atoms with Gasteiger partial charge in [-0.1, -0.05) is 42.5 Å². The molecule has 0 aliphatic rings. The van der Waals surface area contributed by atoms with Crippen LogP contribution >= 0.6 is 0 Å². The van der Waals surface area contributed by atoms with Gasteiger partial charge in [0.05, 0.1) is 11.3 Å². The summed E-state index contributed by atoms with van der Waals surface area (Å²) in [4.78, 5) is 12.4. The lowest BCUT2D eigenvalue weighted by Gasteiger charge is -2.09. The Hall–Kier alpha value is -2.62. The fourth-order valence-electron chi connectivity index (χ4n) is 2.81. The van der Waals surface area contributed by atoms with E-state index in [0.29, 0.717) is 12.1 Å². The fraction of sp³-hybridized carbons (Fsp3) is 0.222. The van der Waals surface area contributed by atoms with Gasteiger partial charge in [-0.15, -0.1) is 0 Å². The van der Waals surface area contributed by atoms with Crippen molar-refractivity contribution in [3.63, 3.8) is 0 Å². The monoisotopic (exact) mass is 293 g/mol. The summed E-state index contributed by atoms with van der Waals surface area (Å²) in [5, 5.41) is 9.66. The Kier molecular flexibility index (Phi) is 3.67. The highest BCUT2D eigenvalue weighted by Gasteiger charge is 2.17. The number of hydrogen-bond acceptors (Lipinski definition) is 2. The van der Waals surface area contributed by atoms with Crippen molar-refractivity contribution in [3.05, 3.63) is 65.0 Å². The molecule has 0 atom stereocenters. The minimum absolute atomic E-state index is 0.0731. The third-order valence-corrected chi connectivity index (χ3v) is 4.06. The maximum Gasteiger partial charge on any atom is 0.255 e. The molecule has 0 saturated carbocycles. The first kappa shape index (κ1) is 14.3. The Balaban J connectivity index is 1.84. The lowest BCUT2D eigenvalue weighted by atomic mass is 10.0. The summed E-state index contributed by atoms with van der Waals surface area (Å²) in [5.74, 6) is -0.0731. The number of benzene rings is 2. The van der Waals surface area contributed by atoms with E-state index in [4.69, 9.17) is 0 Å². The minimum Gasteiger partial charge on any atom is -0.348 e. The maximum absolute atomic E-state index is 12.4. The molecule has 3 rings (SSSR count). The third kappa shape index (κ3) is 2.48. The van der Waals surface area contributed by atoms with Gasteiger partial charge in [0, 0.05) is 19.3 Å². The topological polar surface area (TPSA) is 46.9 Å². The van der Waals surface area contributed by atoms with Crippen LogP contribution in [0.15, 0.2) is 42.5 Å². The molecular formula is C18H19N3O. The van der Waals surface area contributed by atoms with E-state index in [1.165, 1.54) is 10.8 Å². The molecule has 0 aliphatic heterocycles. The number of carbonyl (C=O) groups excluding carboxylic acids is 1. The number of carbonyl (C=O) groups is 1. The number of hydrogen-bond donors (Lipinski definition) is 1. The van der Waals surface area contributed by atoms with Crippen molar-refractivity contribution >= 4 is 16.7 Å². The van der Waals surface area contributed by atoms with Crippen molar-refractivity contribution in [2.24, 2.45) is 7.05 Å². The van der Waals surface area contributed by atoms with Crippen LogP contribution in [-0.2, 0) is 13.6 Å². The van der Waals surface area contributed by atoms with E-state index >= 15 is 0 Å². The molecule has 4 nitrogen and oxygen atoms in total. The summed E-state index contributed by atoms with van der Waals surface area (Å²) in [7, 11) is 1.85. The average molecular weight is 293 g/mol. The van der Waals surface area contributed by atoms with E-state index in [-0.39, 0.29) is 5.91 Å². The van der Waals surface area contributed by atoms with Crippen LogP contribution in [0.4, 0.5) is 0 Å². The maximum atomic E-state index is 12.4. The summed E-state index contributed by atoms with van der Waals surface area (Å²) in [6.45, 7) is 4.28. The molecule has 1 aromatic heterocycles. The van der Waals surface area contributed by atoms with Crippen LogP contribution in [0, 0.1) is 13.8 Å². The molecule has 112 valence electrons. The highest BCUT2D eigenvalue weighted by atomic mass is 16.1. The number of rotatable bonds is 3. The van der Waals surface area contributed by atoms with Gasteiger partial charge in [-0.25, -0.2) is 0 Å². The van der Waals surface area contributed by atoms with Gasteiger partial charge in [-0.2, -0.15) is 5.10 Å². The number of aryl methyl sites for hydroxylation is 2. The molecule has 0 aliphatic carbocycles. The Labute approximate surface area is 129 Å². The highest BCUT2D eigenvalue weighted by Crippen LogP contribution is 2.18. The van der Waals surface area contributed by atoms with Gasteiger partial charge in [-0.3, -0.25) is 9.48 Å². The first-order chi connectivity index (χ1) is 10.6. The van der Waals surface area contributed by atoms with Crippen LogP contribution in [-0.4, -0.2) is 15.7 Å². The van der Waals surface area contributed by atoms with Crippen LogP contribution in [0.25, 0.3) is 10.8 Å². The van der Waals surface area contributed by atoms with Gasteiger partial charge in [0.1, 0.15) is 0 Å². The highest BCUT2D eigenvalue weighted by molar-refractivity contribution is 5.96. The molecule has 2 aromatic carbocycles. The molecule has 0 fully saturated rings. The SMILES string of the molecule is Cc1nn(C)c(C)c1C(=O)NCc1cccc2ccccc12. The van der Waals surface area contributed by atoms with E-state index < -0.39 is 0 Å². The van der Waals surface area contributed by atoms with Gasteiger partial charge in [0.25, 0.3) is 5.91 Å². The number of aromatic nitrogens is 2. The summed E-state index contributed by atoms with van der Waals surface area (Å²) >= 11 is 0. The quantitative estimate of drug-likeness (QED) is 0.806. The average Bonchev–Trinajstić information content (AvgIpc) is 2.77. The Morgan fingerprint density at radius 3 is 2.59 bits per heavy atom. The van der Waals surface area contributed by atoms with Crippen LogP contribution in [0.2, 0.25) is 0 Å². The summed E-state index contributed by atoms with van der Waals surface area (Å²) in [6, 6.07) is 14.3. The van der Waals surface area contributed by atoms with Gasteiger partial charge in [-0.05, 0) is 30.2 Å². The molecule has 1 amide bonds. The zero-order valence-electron chi connectivity index (χ0n) is 13.1. The van der Waals surface area contributed by atoms with E-state index in [2.05, 4.69) is 28.6 Å². The Bertz CT molecular complexity index is 843. The lowest BCUT2D eigenvalue weighted by molar-refractivity contribution is 0.0949. The molecule has 0 saturated heterocycles. The van der Waals surface area contributed by atoms with E-state index in [1.807, 2.05) is 45.2 Å². The van der Waals surface area contributed by atoms with Crippen LogP contribution in [0.1, 0.15) is 27.3 Å². The van der Waals surface area contributed by atoms with Gasteiger partial charge in [0.2, 0.25) is 0 Å². The van der Waals surface area contributed by atoms with Gasteiger partial charge >= 0.3 is 0 Å².